The Kier molecular flexibility index (Phi) is 6.71. The van der Waals surface area contributed by atoms with Crippen molar-refractivity contribution >= 4 is 17.7 Å². The van der Waals surface area contributed by atoms with Crippen LogP contribution in [0.3, 0.4) is 0 Å². The molecule has 0 fully saturated rings. The molecule has 0 bridgehead atoms. The second kappa shape index (κ2) is 8.77. The Bertz CT molecular complexity index is 624. The Hall–Kier alpha value is -1.75. The lowest BCUT2D eigenvalue weighted by atomic mass is 10.1. The third-order valence-electron chi connectivity index (χ3n) is 3.75. The molecule has 23 heavy (non-hydrogen) atoms. The van der Waals surface area contributed by atoms with Gasteiger partial charge in [-0.2, -0.15) is 0 Å². The van der Waals surface area contributed by atoms with Crippen molar-refractivity contribution in [3.8, 4) is 0 Å². The minimum Gasteiger partial charge on any atom is -0.349 e. The molecular weight excluding hydrogens is 306 g/mol. The van der Waals surface area contributed by atoms with Gasteiger partial charge in [0.15, 0.2) is 5.16 Å². The van der Waals surface area contributed by atoms with Gasteiger partial charge in [0.25, 0.3) is 0 Å². The number of rotatable bonds is 8. The highest BCUT2D eigenvalue weighted by Gasteiger charge is 2.12. The summed E-state index contributed by atoms with van der Waals surface area (Å²) in [5.74, 6) is 0.396. The minimum atomic E-state index is 0.0164. The van der Waals surface area contributed by atoms with Crippen molar-refractivity contribution in [2.75, 3.05) is 5.75 Å². The Labute approximate surface area is 142 Å². The average molecular weight is 331 g/mol. The van der Waals surface area contributed by atoms with Crippen molar-refractivity contribution in [3.05, 3.63) is 47.3 Å². The second-order valence-electron chi connectivity index (χ2n) is 5.71. The maximum absolute atomic E-state index is 12.1. The van der Waals surface area contributed by atoms with E-state index < -0.39 is 0 Å². The smallest absolute Gasteiger partial charge is 0.230 e. The third kappa shape index (κ3) is 5.43. The highest BCUT2D eigenvalue weighted by molar-refractivity contribution is 7.99. The number of thioether (sulfide) groups is 1. The van der Waals surface area contributed by atoms with Gasteiger partial charge in [0.2, 0.25) is 5.91 Å². The lowest BCUT2D eigenvalue weighted by Crippen LogP contribution is -2.28. The molecule has 0 aliphatic heterocycles. The lowest BCUT2D eigenvalue weighted by Gasteiger charge is -2.13. The number of aromatic amines is 1. The maximum Gasteiger partial charge on any atom is 0.230 e. The fraction of sp³-hybridized carbons (Fsp3) is 0.444. The number of nitrogens with one attached hydrogen (secondary N) is 2. The zero-order valence-corrected chi connectivity index (χ0v) is 14.9. The molecule has 0 aliphatic carbocycles. The Balaban J connectivity index is 1.82. The summed E-state index contributed by atoms with van der Waals surface area (Å²) in [6.07, 6.45) is 3.30. The van der Waals surface area contributed by atoms with Gasteiger partial charge in [0.05, 0.1) is 17.5 Å². The largest absolute Gasteiger partial charge is 0.349 e. The van der Waals surface area contributed by atoms with Crippen LogP contribution < -0.4 is 5.32 Å². The summed E-state index contributed by atoms with van der Waals surface area (Å²) in [6, 6.07) is 10.0. The van der Waals surface area contributed by atoms with Crippen molar-refractivity contribution in [1.82, 2.24) is 15.3 Å². The van der Waals surface area contributed by atoms with Gasteiger partial charge in [-0.15, -0.1) is 0 Å². The number of hydrogen-bond donors (Lipinski definition) is 2. The Morgan fingerprint density at radius 1 is 1.35 bits per heavy atom. The number of benzene rings is 1. The van der Waals surface area contributed by atoms with E-state index in [1.54, 1.807) is 0 Å². The molecule has 5 heteroatoms. The predicted octanol–water partition coefficient (Wildman–Crippen LogP) is 4.03. The van der Waals surface area contributed by atoms with E-state index in [-0.39, 0.29) is 11.9 Å². The van der Waals surface area contributed by atoms with Crippen LogP contribution in [0, 0.1) is 6.92 Å². The first kappa shape index (κ1) is 17.6. The van der Waals surface area contributed by atoms with Crippen molar-refractivity contribution in [2.45, 2.75) is 51.2 Å². The summed E-state index contributed by atoms with van der Waals surface area (Å²) in [5.41, 5.74) is 3.34. The topological polar surface area (TPSA) is 57.8 Å². The fourth-order valence-corrected chi connectivity index (χ4v) is 3.12. The lowest BCUT2D eigenvalue weighted by molar-refractivity contribution is -0.119. The van der Waals surface area contributed by atoms with Crippen LogP contribution in [0.1, 0.15) is 49.7 Å². The van der Waals surface area contributed by atoms with Gasteiger partial charge in [-0.3, -0.25) is 4.79 Å². The molecule has 4 nitrogen and oxygen atoms in total. The molecule has 0 saturated heterocycles. The first-order chi connectivity index (χ1) is 11.1. The molecule has 0 unspecified atom stereocenters. The van der Waals surface area contributed by atoms with E-state index in [4.69, 9.17) is 0 Å². The van der Waals surface area contributed by atoms with Gasteiger partial charge in [0.1, 0.15) is 0 Å². The van der Waals surface area contributed by atoms with Crippen LogP contribution in [0.2, 0.25) is 0 Å². The number of imidazole rings is 1. The summed E-state index contributed by atoms with van der Waals surface area (Å²) in [5, 5.41) is 3.85. The van der Waals surface area contributed by atoms with Crippen molar-refractivity contribution in [3.63, 3.8) is 0 Å². The van der Waals surface area contributed by atoms with Gasteiger partial charge < -0.3 is 10.3 Å². The maximum atomic E-state index is 12.1. The van der Waals surface area contributed by atoms with Crippen LogP contribution in [0.5, 0.6) is 0 Å². The number of carbonyl (C=O) groups is 1. The zero-order valence-electron chi connectivity index (χ0n) is 14.1. The van der Waals surface area contributed by atoms with Crippen molar-refractivity contribution in [1.29, 1.82) is 0 Å². The number of nitrogens with zero attached hydrogens (tertiary/aromatic N) is 1. The number of H-pyrrole nitrogens is 1. The van der Waals surface area contributed by atoms with Crippen molar-refractivity contribution < 1.29 is 4.79 Å². The molecule has 2 N–H and O–H groups in total. The number of aromatic nitrogens is 2. The summed E-state index contributed by atoms with van der Waals surface area (Å²) in [7, 11) is 0. The van der Waals surface area contributed by atoms with E-state index in [0.29, 0.717) is 5.75 Å². The summed E-state index contributed by atoms with van der Waals surface area (Å²) < 4.78 is 0. The van der Waals surface area contributed by atoms with Gasteiger partial charge in [-0.05, 0) is 32.3 Å². The molecule has 0 saturated carbocycles. The second-order valence-corrected chi connectivity index (χ2v) is 6.67. The van der Waals surface area contributed by atoms with Crippen molar-refractivity contribution in [2.24, 2.45) is 0 Å². The fourth-order valence-electron chi connectivity index (χ4n) is 2.37. The van der Waals surface area contributed by atoms with Crippen LogP contribution in [0.4, 0.5) is 0 Å². The molecule has 2 aromatic rings. The summed E-state index contributed by atoms with van der Waals surface area (Å²) in [4.78, 5) is 19.9. The van der Waals surface area contributed by atoms with Gasteiger partial charge >= 0.3 is 0 Å². The van der Waals surface area contributed by atoms with Gasteiger partial charge in [-0.1, -0.05) is 55.4 Å². The number of aryl methyl sites for hydroxylation is 2. The number of hydrogen-bond acceptors (Lipinski definition) is 3. The van der Waals surface area contributed by atoms with Crippen LogP contribution in [0.15, 0.2) is 35.5 Å². The molecule has 1 atom stereocenters. The van der Waals surface area contributed by atoms with Crippen LogP contribution >= 0.6 is 11.8 Å². The first-order valence-corrected chi connectivity index (χ1v) is 9.11. The number of carbonyl (C=O) groups excluding carboxylic acids is 1. The molecule has 1 heterocycles. The monoisotopic (exact) mass is 331 g/mol. The van der Waals surface area contributed by atoms with E-state index in [1.807, 2.05) is 44.2 Å². The molecule has 1 aromatic heterocycles. The van der Waals surface area contributed by atoms with E-state index >= 15 is 0 Å². The quantitative estimate of drug-likeness (QED) is 0.718. The highest BCUT2D eigenvalue weighted by Crippen LogP contribution is 2.18. The van der Waals surface area contributed by atoms with Gasteiger partial charge in [0, 0.05) is 5.69 Å². The average Bonchev–Trinajstić information content (AvgIpc) is 2.92. The number of unbranched alkanes of at least 4 members (excludes halogenated alkanes) is 1. The van der Waals surface area contributed by atoms with E-state index in [9.17, 15) is 4.79 Å². The van der Waals surface area contributed by atoms with Crippen LogP contribution in [-0.2, 0) is 11.2 Å². The first-order valence-electron chi connectivity index (χ1n) is 8.12. The SMILES string of the molecule is CCCCc1nc(SCC(=O)N[C@H](C)c2ccccc2)[nH]c1C. The molecule has 2 rings (SSSR count). The van der Waals surface area contributed by atoms with Gasteiger partial charge in [-0.25, -0.2) is 4.98 Å². The molecule has 0 radical (unpaired) electrons. The normalized spacial score (nSPS) is 12.1. The van der Waals surface area contributed by atoms with E-state index in [1.165, 1.54) is 11.8 Å². The Morgan fingerprint density at radius 2 is 2.09 bits per heavy atom. The summed E-state index contributed by atoms with van der Waals surface area (Å²) >= 11 is 1.46. The number of amides is 1. The van der Waals surface area contributed by atoms with E-state index in [0.717, 1.165) is 41.4 Å². The molecule has 0 aliphatic rings. The molecule has 0 spiro atoms. The van der Waals surface area contributed by atoms with Crippen LogP contribution in [-0.4, -0.2) is 21.6 Å². The molecule has 1 amide bonds. The predicted molar refractivity (Wildman–Crippen MR) is 95.7 cm³/mol. The van der Waals surface area contributed by atoms with E-state index in [2.05, 4.69) is 22.2 Å². The zero-order chi connectivity index (χ0) is 16.7. The molecular formula is C18H25N3OS. The molecule has 124 valence electrons. The minimum absolute atomic E-state index is 0.0164. The standard InChI is InChI=1S/C18H25N3OS/c1-4-5-11-16-14(3)20-18(21-16)23-12-17(22)19-13(2)15-9-7-6-8-10-15/h6-10,13H,4-5,11-12H2,1-3H3,(H,19,22)(H,20,21)/t13-/m1/s1. The molecule has 1 aromatic carbocycles. The highest BCUT2D eigenvalue weighted by atomic mass is 32.2. The van der Waals surface area contributed by atoms with Crippen LogP contribution in [0.25, 0.3) is 0 Å². The Morgan fingerprint density at radius 3 is 2.78 bits per heavy atom. The third-order valence-corrected chi connectivity index (χ3v) is 4.62. The summed E-state index contributed by atoms with van der Waals surface area (Å²) in [6.45, 7) is 6.22.